The number of H-pyrrole nitrogens is 1. The van der Waals surface area contributed by atoms with Crippen molar-refractivity contribution in [3.8, 4) is 11.4 Å². The minimum Gasteiger partial charge on any atom is -0.494 e. The van der Waals surface area contributed by atoms with E-state index in [0.29, 0.717) is 16.9 Å². The van der Waals surface area contributed by atoms with Gasteiger partial charge in [0.25, 0.3) is 0 Å². The van der Waals surface area contributed by atoms with Gasteiger partial charge >= 0.3 is 5.97 Å². The van der Waals surface area contributed by atoms with Crippen LogP contribution in [-0.4, -0.2) is 48.6 Å². The summed E-state index contributed by atoms with van der Waals surface area (Å²) in [5.41, 5.74) is 2.96. The molecule has 0 radical (unpaired) electrons. The first-order chi connectivity index (χ1) is 15.2. The van der Waals surface area contributed by atoms with Gasteiger partial charge in [0.2, 0.25) is 0 Å². The summed E-state index contributed by atoms with van der Waals surface area (Å²) >= 11 is 0. The molecule has 166 valence electrons. The van der Waals surface area contributed by atoms with Gasteiger partial charge in [-0.1, -0.05) is 13.8 Å². The van der Waals surface area contributed by atoms with Gasteiger partial charge in [0, 0.05) is 28.4 Å². The van der Waals surface area contributed by atoms with E-state index in [0.717, 1.165) is 22.2 Å². The Morgan fingerprint density at radius 3 is 2.75 bits per heavy atom. The molecule has 1 fully saturated rings. The van der Waals surface area contributed by atoms with Crippen LogP contribution in [0.15, 0.2) is 30.5 Å². The first-order valence-corrected chi connectivity index (χ1v) is 10.4. The number of aliphatic carboxylic acids is 1. The maximum absolute atomic E-state index is 14.1. The predicted molar refractivity (Wildman–Crippen MR) is 116 cm³/mol. The fourth-order valence-electron chi connectivity index (χ4n) is 4.78. The normalized spacial score (nSPS) is 20.8. The average molecular weight is 438 g/mol. The van der Waals surface area contributed by atoms with E-state index in [-0.39, 0.29) is 30.4 Å². The third-order valence-corrected chi connectivity index (χ3v) is 6.33. The molecule has 1 aromatic carbocycles. The number of methoxy groups -OCH3 is 1. The first-order valence-electron chi connectivity index (χ1n) is 10.4. The minimum atomic E-state index is -1.73. The molecule has 0 atom stereocenters. The Kier molecular flexibility index (Phi) is 4.49. The van der Waals surface area contributed by atoms with Crippen LogP contribution in [0, 0.1) is 5.82 Å². The van der Waals surface area contributed by atoms with Crippen LogP contribution in [0.2, 0.25) is 0 Å². The molecule has 0 amide bonds. The number of nitrogens with one attached hydrogen (secondary N) is 1. The van der Waals surface area contributed by atoms with E-state index in [1.165, 1.54) is 13.2 Å². The number of carboxylic acid groups (broad SMARTS) is 1. The van der Waals surface area contributed by atoms with E-state index in [1.807, 2.05) is 24.5 Å². The Balaban J connectivity index is 1.81. The van der Waals surface area contributed by atoms with E-state index in [2.05, 4.69) is 10.2 Å². The molecule has 0 spiro atoms. The first kappa shape index (κ1) is 20.4. The lowest BCUT2D eigenvalue weighted by Gasteiger charge is -2.40. The van der Waals surface area contributed by atoms with Crippen molar-refractivity contribution in [3.05, 3.63) is 47.5 Å². The number of hydrogen-bond acceptors (Lipinski definition) is 5. The summed E-state index contributed by atoms with van der Waals surface area (Å²) in [4.78, 5) is 16.3. The molecule has 8 nitrogen and oxygen atoms in total. The number of fused-ring (bicyclic) bond motifs is 2. The number of aromatic nitrogens is 4. The second kappa shape index (κ2) is 7.03. The molecule has 3 N–H and O–H groups in total. The summed E-state index contributed by atoms with van der Waals surface area (Å²) in [7, 11) is 1.42. The van der Waals surface area contributed by atoms with E-state index < -0.39 is 17.4 Å². The summed E-state index contributed by atoms with van der Waals surface area (Å²) in [6.07, 6.45) is 1.90. The number of aliphatic hydroxyl groups is 1. The zero-order valence-electron chi connectivity index (χ0n) is 17.9. The molecule has 5 rings (SSSR count). The number of ether oxygens (including phenoxy) is 1. The zero-order chi connectivity index (χ0) is 22.8. The molecule has 1 saturated carbocycles. The third-order valence-electron chi connectivity index (χ3n) is 6.33. The Morgan fingerprint density at radius 1 is 1.34 bits per heavy atom. The molecule has 1 aliphatic rings. The highest BCUT2D eigenvalue weighted by atomic mass is 19.1. The largest absolute Gasteiger partial charge is 0.494 e. The standard InChI is InChI=1S/C23H23FN4O4/c1-11(2)20-18(13-8-23(31,9-13)22(29)30)19-16(6-12-10-25-27-21(12)26-19)28(20)14-4-5-15(24)17(7-14)32-3/h4-7,10-11,13,31H,8-9H2,1-3H3,(H,29,30)(H,25,26,27). The van der Waals surface area contributed by atoms with Crippen LogP contribution in [-0.2, 0) is 4.79 Å². The van der Waals surface area contributed by atoms with Crippen molar-refractivity contribution in [2.75, 3.05) is 7.11 Å². The summed E-state index contributed by atoms with van der Waals surface area (Å²) in [5.74, 6) is -1.67. The molecule has 9 heteroatoms. The van der Waals surface area contributed by atoms with Crippen LogP contribution in [0.3, 0.4) is 0 Å². The molecule has 0 bridgehead atoms. The second-order valence-electron chi connectivity index (χ2n) is 8.71. The Bertz CT molecular complexity index is 1370. The van der Waals surface area contributed by atoms with Crippen LogP contribution < -0.4 is 4.74 Å². The van der Waals surface area contributed by atoms with Crippen LogP contribution in [0.5, 0.6) is 5.75 Å². The van der Waals surface area contributed by atoms with E-state index >= 15 is 0 Å². The van der Waals surface area contributed by atoms with Crippen molar-refractivity contribution in [1.82, 2.24) is 19.7 Å². The van der Waals surface area contributed by atoms with Crippen LogP contribution in [0.4, 0.5) is 4.39 Å². The van der Waals surface area contributed by atoms with Gasteiger partial charge in [-0.05, 0) is 42.9 Å². The highest BCUT2D eigenvalue weighted by Gasteiger charge is 2.51. The molecule has 0 aliphatic heterocycles. The predicted octanol–water partition coefficient (Wildman–Crippen LogP) is 3.87. The molecule has 3 heterocycles. The summed E-state index contributed by atoms with van der Waals surface area (Å²) in [5, 5.41) is 27.6. The Hall–Kier alpha value is -3.46. The maximum atomic E-state index is 14.1. The third kappa shape index (κ3) is 2.88. The number of nitrogens with zero attached hydrogens (tertiary/aromatic N) is 3. The van der Waals surface area contributed by atoms with Gasteiger partial charge in [-0.25, -0.2) is 14.2 Å². The lowest BCUT2D eigenvalue weighted by Crippen LogP contribution is -2.49. The average Bonchev–Trinajstić information content (AvgIpc) is 3.31. The van der Waals surface area contributed by atoms with Crippen molar-refractivity contribution < 1.29 is 24.1 Å². The maximum Gasteiger partial charge on any atom is 0.335 e. The van der Waals surface area contributed by atoms with Crippen LogP contribution in [0.1, 0.15) is 49.8 Å². The monoisotopic (exact) mass is 438 g/mol. The minimum absolute atomic E-state index is 0.0465. The van der Waals surface area contributed by atoms with Crippen LogP contribution in [0.25, 0.3) is 27.8 Å². The highest BCUT2D eigenvalue weighted by molar-refractivity contribution is 5.94. The molecule has 0 unspecified atom stereocenters. The fraction of sp³-hybridized carbons (Fsp3) is 0.348. The summed E-state index contributed by atoms with van der Waals surface area (Å²) in [6, 6.07) is 6.65. The lowest BCUT2D eigenvalue weighted by atomic mass is 9.67. The van der Waals surface area contributed by atoms with Crippen LogP contribution >= 0.6 is 0 Å². The van der Waals surface area contributed by atoms with Gasteiger partial charge < -0.3 is 19.5 Å². The molecule has 32 heavy (non-hydrogen) atoms. The number of pyridine rings is 1. The number of carboxylic acids is 1. The summed E-state index contributed by atoms with van der Waals surface area (Å²) in [6.45, 7) is 4.09. The summed E-state index contributed by atoms with van der Waals surface area (Å²) < 4.78 is 21.4. The smallest absolute Gasteiger partial charge is 0.335 e. The molecular formula is C23H23FN4O4. The van der Waals surface area contributed by atoms with E-state index in [4.69, 9.17) is 9.72 Å². The van der Waals surface area contributed by atoms with E-state index in [1.54, 1.807) is 18.3 Å². The van der Waals surface area contributed by atoms with Gasteiger partial charge in [-0.3, -0.25) is 5.10 Å². The van der Waals surface area contributed by atoms with Crippen molar-refractivity contribution in [2.24, 2.45) is 0 Å². The molecular weight excluding hydrogens is 415 g/mol. The molecule has 1 aliphatic carbocycles. The van der Waals surface area contributed by atoms with Crippen molar-refractivity contribution in [2.45, 2.75) is 44.1 Å². The van der Waals surface area contributed by atoms with E-state index in [9.17, 15) is 19.4 Å². The number of aromatic amines is 1. The quantitative estimate of drug-likeness (QED) is 0.436. The fourth-order valence-corrected chi connectivity index (χ4v) is 4.78. The molecule has 0 saturated heterocycles. The number of carbonyl (C=O) groups is 1. The SMILES string of the molecule is COc1cc(-n2c(C(C)C)c(C3CC(O)(C(=O)O)C3)c3nc4[nH]ncc4cc32)ccc1F. The van der Waals surface area contributed by atoms with Gasteiger partial charge in [-0.2, -0.15) is 5.10 Å². The Morgan fingerprint density at radius 2 is 2.09 bits per heavy atom. The van der Waals surface area contributed by atoms with Gasteiger partial charge in [0.15, 0.2) is 22.8 Å². The van der Waals surface area contributed by atoms with Gasteiger partial charge in [0.1, 0.15) is 0 Å². The van der Waals surface area contributed by atoms with Crippen molar-refractivity contribution >= 4 is 28.0 Å². The number of rotatable bonds is 5. The number of benzene rings is 1. The van der Waals surface area contributed by atoms with Crippen molar-refractivity contribution in [1.29, 1.82) is 0 Å². The highest BCUT2D eigenvalue weighted by Crippen LogP contribution is 2.50. The molecule has 3 aromatic heterocycles. The molecule has 4 aromatic rings. The number of halogens is 1. The topological polar surface area (TPSA) is 113 Å². The number of hydrogen-bond donors (Lipinski definition) is 3. The second-order valence-corrected chi connectivity index (χ2v) is 8.71. The van der Waals surface area contributed by atoms with Gasteiger partial charge in [-0.15, -0.1) is 0 Å². The Labute approximate surface area is 182 Å². The van der Waals surface area contributed by atoms with Crippen molar-refractivity contribution in [3.63, 3.8) is 0 Å². The van der Waals surface area contributed by atoms with Gasteiger partial charge in [0.05, 0.1) is 24.3 Å². The lowest BCUT2D eigenvalue weighted by molar-refractivity contribution is -0.169. The zero-order valence-corrected chi connectivity index (χ0v) is 17.9.